The monoisotopic (exact) mass is 446 g/mol. The molecule has 0 amide bonds. The Morgan fingerprint density at radius 3 is 2.42 bits per heavy atom. The summed E-state index contributed by atoms with van der Waals surface area (Å²) in [4.78, 5) is 17.5. The Morgan fingerprint density at radius 2 is 1.73 bits per heavy atom. The Kier molecular flexibility index (Phi) is 6.58. The zero-order valence-electron chi connectivity index (χ0n) is 19.7. The highest BCUT2D eigenvalue weighted by Crippen LogP contribution is 2.35. The summed E-state index contributed by atoms with van der Waals surface area (Å²) in [5, 5.41) is 6.91. The quantitative estimate of drug-likeness (QED) is 0.573. The molecular weight excluding hydrogens is 412 g/mol. The van der Waals surface area contributed by atoms with E-state index in [-0.39, 0.29) is 0 Å². The van der Waals surface area contributed by atoms with Crippen molar-refractivity contribution in [2.45, 2.75) is 51.0 Å². The maximum absolute atomic E-state index is 5.54. The second kappa shape index (κ2) is 9.91. The van der Waals surface area contributed by atoms with E-state index in [9.17, 15) is 0 Å². The van der Waals surface area contributed by atoms with Crippen LogP contribution in [0.4, 0.5) is 17.3 Å². The predicted octanol–water partition coefficient (Wildman–Crippen LogP) is 4.60. The minimum Gasteiger partial charge on any atom is -0.381 e. The number of pyridine rings is 1. The predicted molar refractivity (Wildman–Crippen MR) is 134 cm³/mol. The topological polar surface area (TPSA) is 75.2 Å². The third kappa shape index (κ3) is 4.60. The molecule has 0 spiro atoms. The summed E-state index contributed by atoms with van der Waals surface area (Å²) < 4.78 is 5.54. The summed E-state index contributed by atoms with van der Waals surface area (Å²) in [6, 6.07) is 11.1. The number of para-hydroxylation sites is 1. The van der Waals surface area contributed by atoms with Crippen LogP contribution in [0.2, 0.25) is 0 Å². The van der Waals surface area contributed by atoms with Crippen LogP contribution >= 0.6 is 0 Å². The largest absolute Gasteiger partial charge is 0.381 e. The van der Waals surface area contributed by atoms with Crippen molar-refractivity contribution < 1.29 is 4.74 Å². The number of rotatable bonds is 6. The summed E-state index contributed by atoms with van der Waals surface area (Å²) >= 11 is 0. The minimum atomic E-state index is 0.388. The van der Waals surface area contributed by atoms with Crippen molar-refractivity contribution in [1.29, 1.82) is 0 Å². The Hall–Kier alpha value is -2.93. The van der Waals surface area contributed by atoms with Gasteiger partial charge in [0.05, 0.1) is 11.2 Å². The van der Waals surface area contributed by atoms with Crippen molar-refractivity contribution in [3.63, 3.8) is 0 Å². The molecule has 2 fully saturated rings. The van der Waals surface area contributed by atoms with Crippen LogP contribution in [-0.4, -0.2) is 54.3 Å². The number of ether oxygens (including phenoxy) is 1. The Bertz CT molecular complexity index is 1080. The molecule has 0 atom stereocenters. The number of hydrogen-bond donors (Lipinski definition) is 2. The highest BCUT2D eigenvalue weighted by Gasteiger charge is 2.26. The van der Waals surface area contributed by atoms with E-state index in [1.807, 2.05) is 13.2 Å². The van der Waals surface area contributed by atoms with E-state index in [0.29, 0.717) is 12.0 Å². The molecule has 5 rings (SSSR count). The van der Waals surface area contributed by atoms with Gasteiger partial charge in [0.25, 0.3) is 0 Å². The molecule has 7 nitrogen and oxygen atoms in total. The lowest BCUT2D eigenvalue weighted by atomic mass is 9.89. The SMILES string of the molecule is CCc1nc2c(NC)ncc(C3CCN(c4ccccc4)CC3)c2nc1NC1CCOCC1. The molecule has 4 heterocycles. The molecule has 2 N–H and O–H groups in total. The van der Waals surface area contributed by atoms with Gasteiger partial charge in [0.2, 0.25) is 0 Å². The Balaban J connectivity index is 1.46. The number of hydrogen-bond acceptors (Lipinski definition) is 7. The van der Waals surface area contributed by atoms with Gasteiger partial charge in [-0.25, -0.2) is 15.0 Å². The first-order valence-corrected chi connectivity index (χ1v) is 12.3. The van der Waals surface area contributed by atoms with Crippen molar-refractivity contribution >= 4 is 28.4 Å². The number of benzene rings is 1. The fourth-order valence-electron chi connectivity index (χ4n) is 5.06. The van der Waals surface area contributed by atoms with Crippen LogP contribution in [0.1, 0.15) is 49.8 Å². The van der Waals surface area contributed by atoms with Gasteiger partial charge in [-0.15, -0.1) is 0 Å². The van der Waals surface area contributed by atoms with Gasteiger partial charge in [-0.05, 0) is 50.2 Å². The summed E-state index contributed by atoms with van der Waals surface area (Å²) in [6.45, 7) is 5.83. The lowest BCUT2D eigenvalue weighted by molar-refractivity contribution is 0.0903. The van der Waals surface area contributed by atoms with Gasteiger partial charge < -0.3 is 20.3 Å². The van der Waals surface area contributed by atoms with Crippen molar-refractivity contribution in [3.8, 4) is 0 Å². The molecule has 2 aliphatic heterocycles. The summed E-state index contributed by atoms with van der Waals surface area (Å²) in [6.07, 6.45) is 7.04. The van der Waals surface area contributed by atoms with E-state index in [1.165, 1.54) is 11.3 Å². The molecule has 0 saturated carbocycles. The summed E-state index contributed by atoms with van der Waals surface area (Å²) in [5.74, 6) is 2.16. The van der Waals surface area contributed by atoms with Crippen LogP contribution in [0, 0.1) is 0 Å². The molecule has 2 aromatic heterocycles. The average Bonchev–Trinajstić information content (AvgIpc) is 2.89. The van der Waals surface area contributed by atoms with Crippen LogP contribution in [-0.2, 0) is 11.2 Å². The number of anilines is 3. The highest BCUT2D eigenvalue weighted by molar-refractivity contribution is 5.89. The lowest BCUT2D eigenvalue weighted by Gasteiger charge is -2.34. The molecule has 0 unspecified atom stereocenters. The molecule has 0 bridgehead atoms. The maximum atomic E-state index is 5.54. The average molecular weight is 447 g/mol. The van der Waals surface area contributed by atoms with Crippen LogP contribution < -0.4 is 15.5 Å². The first-order valence-electron chi connectivity index (χ1n) is 12.3. The summed E-state index contributed by atoms with van der Waals surface area (Å²) in [7, 11) is 1.90. The van der Waals surface area contributed by atoms with Gasteiger partial charge in [0.1, 0.15) is 11.3 Å². The van der Waals surface area contributed by atoms with Crippen molar-refractivity contribution in [2.24, 2.45) is 0 Å². The van der Waals surface area contributed by atoms with Gasteiger partial charge >= 0.3 is 0 Å². The highest BCUT2D eigenvalue weighted by atomic mass is 16.5. The number of aryl methyl sites for hydroxylation is 1. The number of fused-ring (bicyclic) bond motifs is 1. The summed E-state index contributed by atoms with van der Waals surface area (Å²) in [5.41, 5.74) is 5.40. The second-order valence-electron chi connectivity index (χ2n) is 9.01. The molecule has 7 heteroatoms. The van der Waals surface area contributed by atoms with Gasteiger partial charge in [0.15, 0.2) is 5.82 Å². The molecular formula is C26H34N6O. The smallest absolute Gasteiger partial charge is 0.153 e. The van der Waals surface area contributed by atoms with Gasteiger partial charge in [-0.2, -0.15) is 0 Å². The first-order chi connectivity index (χ1) is 16.3. The van der Waals surface area contributed by atoms with E-state index in [0.717, 1.165) is 86.8 Å². The third-order valence-corrected chi connectivity index (χ3v) is 6.99. The lowest BCUT2D eigenvalue weighted by Crippen LogP contribution is -2.33. The van der Waals surface area contributed by atoms with Crippen LogP contribution in [0.3, 0.4) is 0 Å². The molecule has 0 radical (unpaired) electrons. The van der Waals surface area contributed by atoms with Gasteiger partial charge in [0, 0.05) is 56.8 Å². The molecule has 3 aromatic rings. The second-order valence-corrected chi connectivity index (χ2v) is 9.01. The van der Waals surface area contributed by atoms with Crippen molar-refractivity contribution in [1.82, 2.24) is 15.0 Å². The number of aromatic nitrogens is 3. The Labute approximate surface area is 196 Å². The molecule has 33 heavy (non-hydrogen) atoms. The third-order valence-electron chi connectivity index (χ3n) is 6.99. The van der Waals surface area contributed by atoms with E-state index in [2.05, 4.69) is 52.8 Å². The fraction of sp³-hybridized carbons (Fsp3) is 0.500. The molecule has 2 aliphatic rings. The van der Waals surface area contributed by atoms with E-state index in [4.69, 9.17) is 19.7 Å². The zero-order valence-corrected chi connectivity index (χ0v) is 19.7. The number of nitrogens with one attached hydrogen (secondary N) is 2. The Morgan fingerprint density at radius 1 is 0.970 bits per heavy atom. The standard InChI is InChI=1S/C26H34N6O/c1-3-22-25(29-19-11-15-33-16-12-19)31-23-21(17-28-26(27-2)24(23)30-22)18-9-13-32(14-10-18)20-7-5-4-6-8-20/h4-8,17-19H,3,9-16H2,1-2H3,(H,27,28)(H,29,31). The van der Waals surface area contributed by atoms with Crippen molar-refractivity contribution in [3.05, 3.63) is 47.8 Å². The molecule has 174 valence electrons. The molecule has 2 saturated heterocycles. The van der Waals surface area contributed by atoms with E-state index in [1.54, 1.807) is 0 Å². The van der Waals surface area contributed by atoms with Gasteiger partial charge in [-0.3, -0.25) is 0 Å². The molecule has 0 aliphatic carbocycles. The minimum absolute atomic E-state index is 0.388. The number of piperidine rings is 1. The normalized spacial score (nSPS) is 17.9. The number of nitrogens with zero attached hydrogens (tertiary/aromatic N) is 4. The molecule has 1 aromatic carbocycles. The van der Waals surface area contributed by atoms with E-state index < -0.39 is 0 Å². The zero-order chi connectivity index (χ0) is 22.6. The maximum Gasteiger partial charge on any atom is 0.153 e. The first kappa shape index (κ1) is 21.9. The van der Waals surface area contributed by atoms with Crippen LogP contribution in [0.5, 0.6) is 0 Å². The fourth-order valence-corrected chi connectivity index (χ4v) is 5.06. The van der Waals surface area contributed by atoms with Crippen LogP contribution in [0.15, 0.2) is 36.5 Å². The van der Waals surface area contributed by atoms with Gasteiger partial charge in [-0.1, -0.05) is 25.1 Å². The van der Waals surface area contributed by atoms with Crippen molar-refractivity contribution in [2.75, 3.05) is 48.9 Å². The van der Waals surface area contributed by atoms with Crippen LogP contribution in [0.25, 0.3) is 11.0 Å². The van der Waals surface area contributed by atoms with E-state index >= 15 is 0 Å².